The number of hydrogen-bond donors (Lipinski definition) is 0. The summed E-state index contributed by atoms with van der Waals surface area (Å²) in [6, 6.07) is 15.0. The lowest BCUT2D eigenvalue weighted by molar-refractivity contribution is 0.105. The zero-order valence-electron chi connectivity index (χ0n) is 13.8. The SMILES string of the molecule is CN(C)/C=C(\C(=O)c1ccccc1F)c1nnnn1-c1ccccc1. The molecule has 0 saturated heterocycles. The summed E-state index contributed by atoms with van der Waals surface area (Å²) >= 11 is 0. The first-order chi connectivity index (χ1) is 12.1. The van der Waals surface area contributed by atoms with Crippen LogP contribution in [0.25, 0.3) is 11.3 Å². The van der Waals surface area contributed by atoms with E-state index in [0.29, 0.717) is 5.69 Å². The van der Waals surface area contributed by atoms with Gasteiger partial charge in [-0.3, -0.25) is 4.79 Å². The predicted molar refractivity (Wildman–Crippen MR) is 91.5 cm³/mol. The molecule has 0 aliphatic rings. The molecule has 1 heterocycles. The first-order valence-corrected chi connectivity index (χ1v) is 7.59. The second kappa shape index (κ2) is 7.04. The van der Waals surface area contributed by atoms with E-state index in [0.717, 1.165) is 0 Å². The highest BCUT2D eigenvalue weighted by molar-refractivity contribution is 6.28. The van der Waals surface area contributed by atoms with Gasteiger partial charge >= 0.3 is 0 Å². The zero-order valence-corrected chi connectivity index (χ0v) is 13.8. The molecule has 126 valence electrons. The third kappa shape index (κ3) is 3.45. The Morgan fingerprint density at radius 1 is 1.08 bits per heavy atom. The van der Waals surface area contributed by atoms with E-state index >= 15 is 0 Å². The van der Waals surface area contributed by atoms with Gasteiger partial charge in [0.25, 0.3) is 0 Å². The van der Waals surface area contributed by atoms with Crippen LogP contribution in [0.5, 0.6) is 0 Å². The van der Waals surface area contributed by atoms with Crippen molar-refractivity contribution in [2.24, 2.45) is 0 Å². The molecule has 2 aromatic carbocycles. The molecule has 6 nitrogen and oxygen atoms in total. The number of tetrazole rings is 1. The van der Waals surface area contributed by atoms with Gasteiger partial charge in [0.1, 0.15) is 5.82 Å². The summed E-state index contributed by atoms with van der Waals surface area (Å²) < 4.78 is 15.5. The van der Waals surface area contributed by atoms with Gasteiger partial charge in [-0.2, -0.15) is 4.68 Å². The number of ketones is 1. The maximum absolute atomic E-state index is 14.1. The summed E-state index contributed by atoms with van der Waals surface area (Å²) in [6.45, 7) is 0. The highest BCUT2D eigenvalue weighted by Crippen LogP contribution is 2.22. The van der Waals surface area contributed by atoms with Crippen molar-refractivity contribution in [2.75, 3.05) is 14.1 Å². The Kier molecular flexibility index (Phi) is 4.65. The quantitative estimate of drug-likeness (QED) is 0.529. The van der Waals surface area contributed by atoms with Gasteiger partial charge < -0.3 is 4.90 Å². The van der Waals surface area contributed by atoms with Crippen molar-refractivity contribution in [3.8, 4) is 5.69 Å². The molecule has 0 fully saturated rings. The standard InChI is InChI=1S/C18H16FN5O/c1-23(2)12-15(17(25)14-10-6-7-11-16(14)19)18-20-21-22-24(18)13-8-4-3-5-9-13/h3-12H,1-2H3/b15-12+. The summed E-state index contributed by atoms with van der Waals surface area (Å²) in [6.07, 6.45) is 1.58. The van der Waals surface area contributed by atoms with Crippen LogP contribution in [0.1, 0.15) is 16.2 Å². The van der Waals surface area contributed by atoms with Crippen molar-refractivity contribution in [1.82, 2.24) is 25.1 Å². The Labute approximate surface area is 144 Å². The summed E-state index contributed by atoms with van der Waals surface area (Å²) in [5.74, 6) is -0.831. The van der Waals surface area contributed by atoms with Crippen LogP contribution >= 0.6 is 0 Å². The highest BCUT2D eigenvalue weighted by atomic mass is 19.1. The number of carbonyl (C=O) groups is 1. The van der Waals surface area contributed by atoms with Gasteiger partial charge in [0.15, 0.2) is 5.82 Å². The van der Waals surface area contributed by atoms with Gasteiger partial charge in [-0.15, -0.1) is 5.10 Å². The average molecular weight is 337 g/mol. The number of Topliss-reactive ketones (excluding diaryl/α,β-unsaturated/α-hetero) is 1. The fourth-order valence-electron chi connectivity index (χ4n) is 2.36. The van der Waals surface area contributed by atoms with Crippen molar-refractivity contribution in [2.45, 2.75) is 0 Å². The lowest BCUT2D eigenvalue weighted by Crippen LogP contribution is -2.14. The molecule has 0 unspecified atom stereocenters. The molecule has 3 rings (SSSR count). The number of aromatic nitrogens is 4. The third-order valence-electron chi connectivity index (χ3n) is 3.46. The number of benzene rings is 2. The molecule has 0 atom stereocenters. The third-order valence-corrected chi connectivity index (χ3v) is 3.46. The molecule has 0 radical (unpaired) electrons. The fraction of sp³-hybridized carbons (Fsp3) is 0.111. The van der Waals surface area contributed by atoms with Gasteiger partial charge in [-0.1, -0.05) is 30.3 Å². The molecule has 0 saturated carbocycles. The Bertz CT molecular complexity index is 918. The minimum absolute atomic E-state index is 0.0294. The second-order valence-corrected chi connectivity index (χ2v) is 5.57. The maximum atomic E-state index is 14.1. The van der Waals surface area contributed by atoms with Crippen LogP contribution in [-0.4, -0.2) is 45.0 Å². The minimum atomic E-state index is -0.587. The number of nitrogens with zero attached hydrogens (tertiary/aromatic N) is 5. The molecular formula is C18H16FN5O. The Morgan fingerprint density at radius 3 is 2.44 bits per heavy atom. The second-order valence-electron chi connectivity index (χ2n) is 5.57. The summed E-state index contributed by atoms with van der Waals surface area (Å²) in [5.41, 5.74) is 0.871. The number of rotatable bonds is 5. The van der Waals surface area contributed by atoms with Crippen molar-refractivity contribution in [3.63, 3.8) is 0 Å². The molecule has 0 spiro atoms. The number of para-hydroxylation sites is 1. The minimum Gasteiger partial charge on any atom is -0.383 e. The highest BCUT2D eigenvalue weighted by Gasteiger charge is 2.23. The zero-order chi connectivity index (χ0) is 17.8. The van der Waals surface area contributed by atoms with Crippen LogP contribution in [0.3, 0.4) is 0 Å². The summed E-state index contributed by atoms with van der Waals surface area (Å²) in [4.78, 5) is 14.6. The van der Waals surface area contributed by atoms with Gasteiger partial charge in [-0.05, 0) is 34.7 Å². The predicted octanol–water partition coefficient (Wildman–Crippen LogP) is 2.59. The van der Waals surface area contributed by atoms with E-state index in [9.17, 15) is 9.18 Å². The van der Waals surface area contributed by atoms with E-state index in [1.54, 1.807) is 31.3 Å². The topological polar surface area (TPSA) is 63.9 Å². The molecule has 25 heavy (non-hydrogen) atoms. The molecule has 0 aliphatic carbocycles. The van der Waals surface area contributed by atoms with E-state index in [1.165, 1.54) is 22.9 Å². The van der Waals surface area contributed by atoms with E-state index < -0.39 is 11.6 Å². The molecule has 0 amide bonds. The molecule has 0 N–H and O–H groups in total. The largest absolute Gasteiger partial charge is 0.383 e. The van der Waals surface area contributed by atoms with Crippen LogP contribution < -0.4 is 0 Å². The van der Waals surface area contributed by atoms with Gasteiger partial charge in [0, 0.05) is 20.3 Å². The molecule has 1 aromatic heterocycles. The average Bonchev–Trinajstić information content (AvgIpc) is 3.09. The number of carbonyl (C=O) groups excluding carboxylic acids is 1. The van der Waals surface area contributed by atoms with Crippen LogP contribution in [0, 0.1) is 5.82 Å². The molecule has 0 bridgehead atoms. The lowest BCUT2D eigenvalue weighted by Gasteiger charge is -2.12. The van der Waals surface area contributed by atoms with Crippen molar-refractivity contribution in [3.05, 3.63) is 78.0 Å². The Hall–Kier alpha value is -3.35. The normalized spacial score (nSPS) is 11.4. The van der Waals surface area contributed by atoms with E-state index in [2.05, 4.69) is 15.5 Å². The van der Waals surface area contributed by atoms with Gasteiger partial charge in [0.05, 0.1) is 16.8 Å². The summed E-state index contributed by atoms with van der Waals surface area (Å²) in [5, 5.41) is 11.6. The van der Waals surface area contributed by atoms with Gasteiger partial charge in [0.2, 0.25) is 5.78 Å². The lowest BCUT2D eigenvalue weighted by atomic mass is 10.0. The first kappa shape index (κ1) is 16.5. The van der Waals surface area contributed by atoms with Crippen LogP contribution in [0.2, 0.25) is 0 Å². The van der Waals surface area contributed by atoms with E-state index in [1.807, 2.05) is 30.3 Å². The first-order valence-electron chi connectivity index (χ1n) is 7.59. The summed E-state index contributed by atoms with van der Waals surface area (Å²) in [7, 11) is 3.54. The maximum Gasteiger partial charge on any atom is 0.201 e. The van der Waals surface area contributed by atoms with E-state index in [4.69, 9.17) is 0 Å². The van der Waals surface area contributed by atoms with Crippen LogP contribution in [0.15, 0.2) is 60.8 Å². The Morgan fingerprint density at radius 2 is 1.76 bits per heavy atom. The smallest absolute Gasteiger partial charge is 0.201 e. The molecule has 0 aliphatic heterocycles. The van der Waals surface area contributed by atoms with Gasteiger partial charge in [-0.25, -0.2) is 4.39 Å². The molecular weight excluding hydrogens is 321 g/mol. The monoisotopic (exact) mass is 337 g/mol. The number of halogens is 1. The molecule has 7 heteroatoms. The van der Waals surface area contributed by atoms with E-state index in [-0.39, 0.29) is 17.0 Å². The number of allylic oxidation sites excluding steroid dienone is 1. The van der Waals surface area contributed by atoms with Crippen LogP contribution in [-0.2, 0) is 0 Å². The molecule has 3 aromatic rings. The Balaban J connectivity index is 2.12. The van der Waals surface area contributed by atoms with Crippen LogP contribution in [0.4, 0.5) is 4.39 Å². The fourth-order valence-corrected chi connectivity index (χ4v) is 2.36. The number of hydrogen-bond acceptors (Lipinski definition) is 5. The van der Waals surface area contributed by atoms with Crippen molar-refractivity contribution < 1.29 is 9.18 Å². The van der Waals surface area contributed by atoms with Crippen molar-refractivity contribution >= 4 is 11.4 Å². The van der Waals surface area contributed by atoms with Crippen molar-refractivity contribution in [1.29, 1.82) is 0 Å².